The van der Waals surface area contributed by atoms with E-state index in [1.165, 1.54) is 4.31 Å². The van der Waals surface area contributed by atoms with Crippen molar-refractivity contribution in [2.75, 3.05) is 13.1 Å². The second-order valence-corrected chi connectivity index (χ2v) is 6.35. The summed E-state index contributed by atoms with van der Waals surface area (Å²) in [4.78, 5) is 0. The van der Waals surface area contributed by atoms with Crippen LogP contribution in [0, 0.1) is 11.3 Å². The quantitative estimate of drug-likeness (QED) is 0.905. The fourth-order valence-electron chi connectivity index (χ4n) is 2.12. The minimum atomic E-state index is -3.40. The smallest absolute Gasteiger partial charge is 0.198 e. The molecular formula is C13H17N3O2S. The van der Waals surface area contributed by atoms with Crippen LogP contribution in [0.2, 0.25) is 0 Å². The number of nitrogens with one attached hydrogen (secondary N) is 1. The number of benzene rings is 1. The van der Waals surface area contributed by atoms with Crippen molar-refractivity contribution in [3.8, 4) is 6.07 Å². The minimum Gasteiger partial charge on any atom is -0.198 e. The van der Waals surface area contributed by atoms with Crippen LogP contribution in [0.1, 0.15) is 30.4 Å². The van der Waals surface area contributed by atoms with Gasteiger partial charge in [-0.3, -0.25) is 0 Å². The molecule has 0 amide bonds. The van der Waals surface area contributed by atoms with Crippen molar-refractivity contribution >= 4 is 10.2 Å². The third-order valence-electron chi connectivity index (χ3n) is 3.17. The monoisotopic (exact) mass is 279 g/mol. The topological polar surface area (TPSA) is 73.2 Å². The van der Waals surface area contributed by atoms with Gasteiger partial charge in [-0.2, -0.15) is 22.7 Å². The van der Waals surface area contributed by atoms with Crippen LogP contribution in [0.3, 0.4) is 0 Å². The summed E-state index contributed by atoms with van der Waals surface area (Å²) in [5.41, 5.74) is 1.33. The SMILES string of the molecule is N#Cc1cccc(CNS(=O)(=O)N2CCCCC2)c1. The van der Waals surface area contributed by atoms with Gasteiger partial charge in [-0.05, 0) is 30.5 Å². The summed E-state index contributed by atoms with van der Waals surface area (Å²) in [7, 11) is -3.40. The van der Waals surface area contributed by atoms with Crippen LogP contribution in [0.5, 0.6) is 0 Å². The van der Waals surface area contributed by atoms with E-state index in [0.717, 1.165) is 24.8 Å². The summed E-state index contributed by atoms with van der Waals surface area (Å²) in [5, 5.41) is 8.80. The van der Waals surface area contributed by atoms with Crippen molar-refractivity contribution in [2.24, 2.45) is 0 Å². The molecule has 0 unspecified atom stereocenters. The number of hydrogen-bond donors (Lipinski definition) is 1. The standard InChI is InChI=1S/C13H17N3O2S/c14-10-12-5-4-6-13(9-12)11-15-19(17,18)16-7-2-1-3-8-16/h4-6,9,15H,1-3,7-8,11H2. The molecule has 0 saturated carbocycles. The van der Waals surface area contributed by atoms with Crippen LogP contribution in [0.4, 0.5) is 0 Å². The molecule has 1 aliphatic rings. The molecular weight excluding hydrogens is 262 g/mol. The Labute approximate surface area is 114 Å². The predicted octanol–water partition coefficient (Wildman–Crippen LogP) is 1.38. The zero-order valence-electron chi connectivity index (χ0n) is 10.7. The third-order valence-corrected chi connectivity index (χ3v) is 4.72. The largest absolute Gasteiger partial charge is 0.279 e. The van der Waals surface area contributed by atoms with Crippen molar-refractivity contribution in [3.63, 3.8) is 0 Å². The number of hydrogen-bond acceptors (Lipinski definition) is 3. The van der Waals surface area contributed by atoms with E-state index in [-0.39, 0.29) is 6.54 Å². The van der Waals surface area contributed by atoms with E-state index in [4.69, 9.17) is 5.26 Å². The van der Waals surface area contributed by atoms with E-state index in [2.05, 4.69) is 4.72 Å². The molecule has 0 atom stereocenters. The van der Waals surface area contributed by atoms with Crippen molar-refractivity contribution in [1.82, 2.24) is 9.03 Å². The zero-order chi connectivity index (χ0) is 13.7. The Morgan fingerprint density at radius 1 is 1.26 bits per heavy atom. The Hall–Kier alpha value is -1.42. The van der Waals surface area contributed by atoms with Gasteiger partial charge >= 0.3 is 0 Å². The van der Waals surface area contributed by atoms with Crippen LogP contribution >= 0.6 is 0 Å². The van der Waals surface area contributed by atoms with Crippen molar-refractivity contribution in [1.29, 1.82) is 5.26 Å². The molecule has 0 aliphatic carbocycles. The highest BCUT2D eigenvalue weighted by Gasteiger charge is 2.23. The van der Waals surface area contributed by atoms with E-state index >= 15 is 0 Å². The van der Waals surface area contributed by atoms with E-state index in [1.54, 1.807) is 24.3 Å². The van der Waals surface area contributed by atoms with Gasteiger partial charge in [-0.25, -0.2) is 0 Å². The highest BCUT2D eigenvalue weighted by atomic mass is 32.2. The second kappa shape index (κ2) is 6.15. The summed E-state index contributed by atoms with van der Waals surface area (Å²) in [6, 6.07) is 8.99. The number of rotatable bonds is 4. The summed E-state index contributed by atoms with van der Waals surface area (Å²) in [5.74, 6) is 0. The van der Waals surface area contributed by atoms with Gasteiger partial charge in [0.25, 0.3) is 10.2 Å². The molecule has 1 aliphatic heterocycles. The average molecular weight is 279 g/mol. The predicted molar refractivity (Wildman–Crippen MR) is 72.3 cm³/mol. The van der Waals surface area contributed by atoms with Crippen molar-refractivity contribution < 1.29 is 8.42 Å². The third kappa shape index (κ3) is 3.77. The van der Waals surface area contributed by atoms with Crippen molar-refractivity contribution in [2.45, 2.75) is 25.8 Å². The molecule has 1 fully saturated rings. The van der Waals surface area contributed by atoms with Gasteiger partial charge in [0.2, 0.25) is 0 Å². The van der Waals surface area contributed by atoms with Gasteiger partial charge in [0.1, 0.15) is 0 Å². The van der Waals surface area contributed by atoms with E-state index < -0.39 is 10.2 Å². The maximum atomic E-state index is 12.1. The molecule has 0 bridgehead atoms. The van der Waals surface area contributed by atoms with E-state index in [1.807, 2.05) is 6.07 Å². The molecule has 0 aromatic heterocycles. The summed E-state index contributed by atoms with van der Waals surface area (Å²) >= 11 is 0. The normalized spacial score (nSPS) is 17.0. The van der Waals surface area contributed by atoms with Gasteiger partial charge in [-0.1, -0.05) is 18.6 Å². The molecule has 1 N–H and O–H groups in total. The minimum absolute atomic E-state index is 0.217. The molecule has 2 rings (SSSR count). The molecule has 102 valence electrons. The van der Waals surface area contributed by atoms with Gasteiger partial charge in [0.05, 0.1) is 11.6 Å². The lowest BCUT2D eigenvalue weighted by Crippen LogP contribution is -2.43. The lowest BCUT2D eigenvalue weighted by molar-refractivity contribution is 0.341. The first-order valence-electron chi connectivity index (χ1n) is 6.35. The summed E-state index contributed by atoms with van der Waals surface area (Å²) in [6.45, 7) is 1.40. The Balaban J connectivity index is 1.99. The van der Waals surface area contributed by atoms with Gasteiger partial charge in [-0.15, -0.1) is 0 Å². The lowest BCUT2D eigenvalue weighted by atomic mass is 10.1. The molecule has 6 heteroatoms. The average Bonchev–Trinajstić information content (AvgIpc) is 2.46. The van der Waals surface area contributed by atoms with E-state index in [9.17, 15) is 8.42 Å². The Morgan fingerprint density at radius 3 is 2.68 bits per heavy atom. The second-order valence-electron chi connectivity index (χ2n) is 4.60. The Morgan fingerprint density at radius 2 is 2.00 bits per heavy atom. The molecule has 19 heavy (non-hydrogen) atoms. The van der Waals surface area contributed by atoms with Crippen LogP contribution in [0.25, 0.3) is 0 Å². The van der Waals surface area contributed by atoms with Crippen LogP contribution in [-0.2, 0) is 16.8 Å². The first-order valence-corrected chi connectivity index (χ1v) is 7.79. The lowest BCUT2D eigenvalue weighted by Gasteiger charge is -2.25. The molecule has 0 spiro atoms. The maximum absolute atomic E-state index is 12.1. The first-order chi connectivity index (χ1) is 9.12. The highest BCUT2D eigenvalue weighted by Crippen LogP contribution is 2.12. The van der Waals surface area contributed by atoms with Gasteiger partial charge in [0, 0.05) is 19.6 Å². The molecule has 5 nitrogen and oxygen atoms in total. The summed E-state index contributed by atoms with van der Waals surface area (Å²) < 4.78 is 28.2. The van der Waals surface area contributed by atoms with Crippen LogP contribution < -0.4 is 4.72 Å². The first kappa shape index (κ1) is 14.0. The summed E-state index contributed by atoms with van der Waals surface area (Å²) in [6.07, 6.45) is 2.94. The van der Waals surface area contributed by atoms with Crippen LogP contribution in [0.15, 0.2) is 24.3 Å². The Kier molecular flexibility index (Phi) is 4.53. The van der Waals surface area contributed by atoms with Gasteiger partial charge in [0.15, 0.2) is 0 Å². The Bertz CT molecular complexity index is 572. The van der Waals surface area contributed by atoms with Crippen LogP contribution in [-0.4, -0.2) is 25.8 Å². The fourth-order valence-corrected chi connectivity index (χ4v) is 3.39. The highest BCUT2D eigenvalue weighted by molar-refractivity contribution is 7.87. The van der Waals surface area contributed by atoms with Gasteiger partial charge < -0.3 is 0 Å². The van der Waals surface area contributed by atoms with Crippen molar-refractivity contribution in [3.05, 3.63) is 35.4 Å². The van der Waals surface area contributed by atoms with E-state index in [0.29, 0.717) is 18.7 Å². The number of nitriles is 1. The number of piperidine rings is 1. The maximum Gasteiger partial charge on any atom is 0.279 e. The molecule has 1 heterocycles. The molecule has 1 aromatic rings. The molecule has 1 saturated heterocycles. The number of nitrogens with zero attached hydrogens (tertiary/aromatic N) is 2. The molecule has 0 radical (unpaired) electrons. The fraction of sp³-hybridized carbons (Fsp3) is 0.462. The zero-order valence-corrected chi connectivity index (χ0v) is 11.5. The molecule has 1 aromatic carbocycles.